The molecule has 13 heavy (non-hydrogen) atoms. The summed E-state index contributed by atoms with van der Waals surface area (Å²) in [5, 5.41) is 18.1. The highest BCUT2D eigenvalue weighted by Gasteiger charge is 2.11. The Hall–Kier alpha value is -1.24. The van der Waals surface area contributed by atoms with Gasteiger partial charge in [-0.25, -0.2) is 0 Å². The fraction of sp³-hybridized carbons (Fsp3) is 0.222. The number of para-hydroxylation sites is 1. The van der Waals surface area contributed by atoms with Gasteiger partial charge in [-0.1, -0.05) is 23.7 Å². The minimum absolute atomic E-state index is 0.0353. The molecule has 1 rings (SSSR count). The van der Waals surface area contributed by atoms with Gasteiger partial charge in [-0.15, -0.1) is 0 Å². The SMILES string of the molecule is N#CC[C@H](N)c1cccc(Cl)c1O. The molecule has 0 saturated heterocycles. The Bertz CT molecular complexity index is 346. The molecule has 0 spiro atoms. The molecule has 0 bridgehead atoms. The highest BCUT2D eigenvalue weighted by Crippen LogP contribution is 2.31. The van der Waals surface area contributed by atoms with Crippen LogP contribution in [0.3, 0.4) is 0 Å². The van der Waals surface area contributed by atoms with E-state index in [1.165, 1.54) is 0 Å². The van der Waals surface area contributed by atoms with E-state index in [-0.39, 0.29) is 17.2 Å². The molecule has 1 aromatic rings. The molecule has 68 valence electrons. The molecule has 0 saturated carbocycles. The molecule has 0 aromatic heterocycles. The summed E-state index contributed by atoms with van der Waals surface area (Å²) < 4.78 is 0. The van der Waals surface area contributed by atoms with Gasteiger partial charge in [0.25, 0.3) is 0 Å². The van der Waals surface area contributed by atoms with Gasteiger partial charge in [-0.3, -0.25) is 0 Å². The lowest BCUT2D eigenvalue weighted by atomic mass is 10.0. The number of aromatic hydroxyl groups is 1. The molecule has 0 aliphatic carbocycles. The first-order valence-corrected chi connectivity index (χ1v) is 4.14. The van der Waals surface area contributed by atoms with Gasteiger partial charge in [-0.2, -0.15) is 5.26 Å². The van der Waals surface area contributed by atoms with Crippen molar-refractivity contribution in [3.8, 4) is 11.8 Å². The summed E-state index contributed by atoms with van der Waals surface area (Å²) in [4.78, 5) is 0. The Morgan fingerprint density at radius 2 is 2.31 bits per heavy atom. The van der Waals surface area contributed by atoms with Crippen molar-refractivity contribution in [1.82, 2.24) is 0 Å². The first-order valence-electron chi connectivity index (χ1n) is 3.76. The van der Waals surface area contributed by atoms with Gasteiger partial charge >= 0.3 is 0 Å². The van der Waals surface area contributed by atoms with Crippen molar-refractivity contribution >= 4 is 11.6 Å². The monoisotopic (exact) mass is 196 g/mol. The van der Waals surface area contributed by atoms with E-state index in [0.717, 1.165) is 0 Å². The molecular weight excluding hydrogens is 188 g/mol. The summed E-state index contributed by atoms with van der Waals surface area (Å²) in [6.45, 7) is 0. The number of rotatable bonds is 2. The van der Waals surface area contributed by atoms with E-state index in [1.807, 2.05) is 6.07 Å². The van der Waals surface area contributed by atoms with Gasteiger partial charge in [0.15, 0.2) is 0 Å². The molecule has 0 heterocycles. The van der Waals surface area contributed by atoms with Gasteiger partial charge in [0.2, 0.25) is 0 Å². The predicted octanol–water partition coefficient (Wildman–Crippen LogP) is 1.96. The first-order chi connectivity index (χ1) is 6.16. The van der Waals surface area contributed by atoms with Gasteiger partial charge in [0.05, 0.1) is 17.5 Å². The molecule has 1 aromatic carbocycles. The van der Waals surface area contributed by atoms with Crippen LogP contribution in [-0.4, -0.2) is 5.11 Å². The maximum Gasteiger partial charge on any atom is 0.138 e. The molecule has 1 atom stereocenters. The Morgan fingerprint density at radius 3 is 2.92 bits per heavy atom. The average Bonchev–Trinajstić information content (AvgIpc) is 2.10. The van der Waals surface area contributed by atoms with Crippen LogP contribution in [0.15, 0.2) is 18.2 Å². The summed E-state index contributed by atoms with van der Waals surface area (Å²) in [7, 11) is 0. The molecule has 0 unspecified atom stereocenters. The number of nitrogens with two attached hydrogens (primary N) is 1. The quantitative estimate of drug-likeness (QED) is 0.760. The van der Waals surface area contributed by atoms with Crippen LogP contribution in [0.4, 0.5) is 0 Å². The van der Waals surface area contributed by atoms with Crippen LogP contribution in [0.25, 0.3) is 0 Å². The lowest BCUT2D eigenvalue weighted by molar-refractivity contribution is 0.462. The Labute approximate surface area is 81.4 Å². The third-order valence-corrected chi connectivity index (χ3v) is 2.03. The lowest BCUT2D eigenvalue weighted by Crippen LogP contribution is -2.09. The van der Waals surface area contributed by atoms with Crippen molar-refractivity contribution in [3.63, 3.8) is 0 Å². The van der Waals surface area contributed by atoms with E-state index in [2.05, 4.69) is 0 Å². The number of hydrogen-bond acceptors (Lipinski definition) is 3. The topological polar surface area (TPSA) is 70.0 Å². The van der Waals surface area contributed by atoms with E-state index >= 15 is 0 Å². The second kappa shape index (κ2) is 4.13. The van der Waals surface area contributed by atoms with Crippen LogP contribution in [0.5, 0.6) is 5.75 Å². The Balaban J connectivity index is 3.02. The Kier molecular flexibility index (Phi) is 3.13. The van der Waals surface area contributed by atoms with Crippen molar-refractivity contribution in [2.75, 3.05) is 0 Å². The smallest absolute Gasteiger partial charge is 0.138 e. The third kappa shape index (κ3) is 2.11. The van der Waals surface area contributed by atoms with Crippen LogP contribution in [0, 0.1) is 11.3 Å². The summed E-state index contributed by atoms with van der Waals surface area (Å²) in [5.41, 5.74) is 6.14. The number of nitrogens with zero attached hydrogens (tertiary/aromatic N) is 1. The summed E-state index contributed by atoms with van der Waals surface area (Å²) in [5.74, 6) is -0.0353. The fourth-order valence-electron chi connectivity index (χ4n) is 1.04. The maximum absolute atomic E-state index is 9.47. The molecular formula is C9H9ClN2O. The van der Waals surface area contributed by atoms with Crippen LogP contribution < -0.4 is 5.73 Å². The zero-order chi connectivity index (χ0) is 9.84. The first kappa shape index (κ1) is 9.85. The molecule has 3 N–H and O–H groups in total. The summed E-state index contributed by atoms with van der Waals surface area (Å²) in [6.07, 6.45) is 0.161. The van der Waals surface area contributed by atoms with E-state index in [1.54, 1.807) is 18.2 Å². The number of hydrogen-bond donors (Lipinski definition) is 2. The number of halogens is 1. The molecule has 4 heteroatoms. The van der Waals surface area contributed by atoms with Crippen LogP contribution in [0.2, 0.25) is 5.02 Å². The largest absolute Gasteiger partial charge is 0.506 e. The van der Waals surface area contributed by atoms with Crippen molar-refractivity contribution in [3.05, 3.63) is 28.8 Å². The third-order valence-electron chi connectivity index (χ3n) is 1.73. The van der Waals surface area contributed by atoms with E-state index in [9.17, 15) is 5.11 Å². The average molecular weight is 197 g/mol. The fourth-order valence-corrected chi connectivity index (χ4v) is 1.22. The van der Waals surface area contributed by atoms with E-state index in [4.69, 9.17) is 22.6 Å². The van der Waals surface area contributed by atoms with Crippen molar-refractivity contribution < 1.29 is 5.11 Å². The predicted molar refractivity (Wildman–Crippen MR) is 50.3 cm³/mol. The highest BCUT2D eigenvalue weighted by atomic mass is 35.5. The molecule has 0 amide bonds. The van der Waals surface area contributed by atoms with Crippen LogP contribution >= 0.6 is 11.6 Å². The molecule has 0 radical (unpaired) electrons. The number of phenolic OH excluding ortho intramolecular Hbond substituents is 1. The summed E-state index contributed by atoms with van der Waals surface area (Å²) in [6, 6.07) is 6.36. The second-order valence-corrected chi connectivity index (χ2v) is 3.05. The van der Waals surface area contributed by atoms with E-state index in [0.29, 0.717) is 5.56 Å². The molecule has 3 nitrogen and oxygen atoms in total. The van der Waals surface area contributed by atoms with Crippen molar-refractivity contribution in [1.29, 1.82) is 5.26 Å². The molecule has 0 fully saturated rings. The van der Waals surface area contributed by atoms with E-state index < -0.39 is 6.04 Å². The minimum atomic E-state index is -0.483. The lowest BCUT2D eigenvalue weighted by Gasteiger charge is -2.10. The van der Waals surface area contributed by atoms with Gasteiger partial charge < -0.3 is 10.8 Å². The number of benzene rings is 1. The standard InChI is InChI=1S/C9H9ClN2O/c10-7-3-1-2-6(9(7)13)8(12)4-5-11/h1-3,8,13H,4,12H2/t8-/m0/s1. The number of phenols is 1. The minimum Gasteiger partial charge on any atom is -0.506 e. The van der Waals surface area contributed by atoms with Gasteiger partial charge in [0, 0.05) is 11.6 Å². The normalized spacial score (nSPS) is 12.1. The highest BCUT2D eigenvalue weighted by molar-refractivity contribution is 6.32. The zero-order valence-electron chi connectivity index (χ0n) is 6.87. The molecule has 0 aliphatic rings. The maximum atomic E-state index is 9.47. The molecule has 0 aliphatic heterocycles. The van der Waals surface area contributed by atoms with Gasteiger partial charge in [0.1, 0.15) is 5.75 Å². The number of nitriles is 1. The summed E-state index contributed by atoms with van der Waals surface area (Å²) >= 11 is 5.67. The van der Waals surface area contributed by atoms with Crippen molar-refractivity contribution in [2.45, 2.75) is 12.5 Å². The van der Waals surface area contributed by atoms with Crippen LogP contribution in [0.1, 0.15) is 18.0 Å². The van der Waals surface area contributed by atoms with Crippen LogP contribution in [-0.2, 0) is 0 Å². The zero-order valence-corrected chi connectivity index (χ0v) is 7.62. The van der Waals surface area contributed by atoms with Crippen molar-refractivity contribution in [2.24, 2.45) is 5.73 Å². The Morgan fingerprint density at radius 1 is 1.62 bits per heavy atom. The van der Waals surface area contributed by atoms with Gasteiger partial charge in [-0.05, 0) is 6.07 Å². The second-order valence-electron chi connectivity index (χ2n) is 2.65.